The molecule has 6 heteroatoms. The molecular formula is C13H11ClN4O. The molecule has 5 nitrogen and oxygen atoms in total. The van der Waals surface area contributed by atoms with E-state index in [1.54, 1.807) is 17.0 Å². The predicted molar refractivity (Wildman–Crippen MR) is 70.1 cm³/mol. The van der Waals surface area contributed by atoms with Crippen LogP contribution in [0.2, 0.25) is 5.15 Å². The van der Waals surface area contributed by atoms with Crippen LogP contribution >= 0.6 is 11.6 Å². The normalized spacial score (nSPS) is 14.8. The lowest BCUT2D eigenvalue weighted by Gasteiger charge is -2.16. The quantitative estimate of drug-likeness (QED) is 0.685. The molecule has 0 fully saturated rings. The smallest absolute Gasteiger partial charge is 0.188 e. The van der Waals surface area contributed by atoms with Crippen molar-refractivity contribution in [2.75, 3.05) is 0 Å². The van der Waals surface area contributed by atoms with E-state index in [-0.39, 0.29) is 0 Å². The molecule has 1 aliphatic rings. The molecule has 3 aromatic rings. The summed E-state index contributed by atoms with van der Waals surface area (Å²) in [5.74, 6) is 0.666. The molecule has 0 atom stereocenters. The first-order chi connectivity index (χ1) is 9.34. The molecule has 1 aliphatic carbocycles. The summed E-state index contributed by atoms with van der Waals surface area (Å²) in [6, 6.07) is 1.84. The molecule has 0 amide bonds. The van der Waals surface area contributed by atoms with Crippen molar-refractivity contribution >= 4 is 17.2 Å². The zero-order valence-corrected chi connectivity index (χ0v) is 10.9. The fourth-order valence-electron chi connectivity index (χ4n) is 2.66. The van der Waals surface area contributed by atoms with E-state index in [9.17, 15) is 0 Å². The van der Waals surface area contributed by atoms with Crippen molar-refractivity contribution in [2.45, 2.75) is 25.7 Å². The molecule has 0 saturated carbocycles. The summed E-state index contributed by atoms with van der Waals surface area (Å²) in [7, 11) is 0. The number of rotatable bonds is 1. The fraction of sp³-hybridized carbons (Fsp3) is 0.308. The summed E-state index contributed by atoms with van der Waals surface area (Å²) in [6.45, 7) is 0. The molecular weight excluding hydrogens is 264 g/mol. The zero-order chi connectivity index (χ0) is 12.8. The van der Waals surface area contributed by atoms with Gasteiger partial charge in [0.2, 0.25) is 0 Å². The van der Waals surface area contributed by atoms with Crippen LogP contribution < -0.4 is 0 Å². The van der Waals surface area contributed by atoms with Crippen molar-refractivity contribution in [3.8, 4) is 11.4 Å². The SMILES string of the molecule is Clc1nn2c(-c3ccoc3)nnc2c2c1CCCC2. The van der Waals surface area contributed by atoms with Gasteiger partial charge in [-0.3, -0.25) is 0 Å². The van der Waals surface area contributed by atoms with Crippen molar-refractivity contribution in [1.29, 1.82) is 0 Å². The Hall–Kier alpha value is -1.88. The molecule has 0 aliphatic heterocycles. The standard InChI is InChI=1S/C13H11ClN4O/c14-11-9-3-1-2-4-10(9)13-16-15-12(18(13)17-11)8-5-6-19-7-8/h5-7H,1-4H2. The monoisotopic (exact) mass is 274 g/mol. The van der Waals surface area contributed by atoms with Crippen molar-refractivity contribution in [1.82, 2.24) is 19.8 Å². The lowest BCUT2D eigenvalue weighted by atomic mass is 9.94. The molecule has 0 spiro atoms. The predicted octanol–water partition coefficient (Wildman–Crippen LogP) is 2.92. The first-order valence-corrected chi connectivity index (χ1v) is 6.67. The van der Waals surface area contributed by atoms with Crippen LogP contribution in [0.1, 0.15) is 24.0 Å². The van der Waals surface area contributed by atoms with E-state index < -0.39 is 0 Å². The van der Waals surface area contributed by atoms with Crippen LogP contribution in [-0.4, -0.2) is 19.8 Å². The summed E-state index contributed by atoms with van der Waals surface area (Å²) in [5.41, 5.74) is 3.99. The van der Waals surface area contributed by atoms with Crippen molar-refractivity contribution < 1.29 is 4.42 Å². The van der Waals surface area contributed by atoms with E-state index in [1.165, 1.54) is 5.56 Å². The topological polar surface area (TPSA) is 56.2 Å². The lowest BCUT2D eigenvalue weighted by molar-refractivity contribution is 0.567. The van der Waals surface area contributed by atoms with Gasteiger partial charge in [-0.25, -0.2) is 0 Å². The van der Waals surface area contributed by atoms with Gasteiger partial charge in [0.25, 0.3) is 0 Å². The number of hydrogen-bond acceptors (Lipinski definition) is 4. The summed E-state index contributed by atoms with van der Waals surface area (Å²) in [6.07, 6.45) is 7.53. The summed E-state index contributed by atoms with van der Waals surface area (Å²) in [4.78, 5) is 0. The van der Waals surface area contributed by atoms with Gasteiger partial charge in [0.1, 0.15) is 6.26 Å². The van der Waals surface area contributed by atoms with Gasteiger partial charge < -0.3 is 4.42 Å². The Labute approximate surface area is 114 Å². The number of furan rings is 1. The average Bonchev–Trinajstić information content (AvgIpc) is 3.07. The van der Waals surface area contributed by atoms with Gasteiger partial charge in [0.05, 0.1) is 11.8 Å². The molecule has 3 heterocycles. The van der Waals surface area contributed by atoms with Crippen LogP contribution in [0.15, 0.2) is 23.0 Å². The van der Waals surface area contributed by atoms with Gasteiger partial charge in [0, 0.05) is 5.56 Å². The highest BCUT2D eigenvalue weighted by Crippen LogP contribution is 2.30. The minimum atomic E-state index is 0.562. The third kappa shape index (κ3) is 1.58. The second kappa shape index (κ2) is 4.06. The van der Waals surface area contributed by atoms with Gasteiger partial charge in [-0.1, -0.05) is 11.6 Å². The molecule has 0 saturated heterocycles. The van der Waals surface area contributed by atoms with E-state index in [2.05, 4.69) is 15.3 Å². The number of hydrogen-bond donors (Lipinski definition) is 0. The maximum absolute atomic E-state index is 6.30. The first-order valence-electron chi connectivity index (χ1n) is 6.30. The van der Waals surface area contributed by atoms with E-state index in [4.69, 9.17) is 16.0 Å². The summed E-state index contributed by atoms with van der Waals surface area (Å²) in [5, 5.41) is 13.5. The molecule has 3 aromatic heterocycles. The highest BCUT2D eigenvalue weighted by atomic mass is 35.5. The fourth-order valence-corrected chi connectivity index (χ4v) is 2.95. The van der Waals surface area contributed by atoms with Crippen LogP contribution in [0.5, 0.6) is 0 Å². The molecule has 19 heavy (non-hydrogen) atoms. The number of fused-ring (bicyclic) bond motifs is 3. The zero-order valence-electron chi connectivity index (χ0n) is 10.1. The van der Waals surface area contributed by atoms with Crippen LogP contribution in [0.3, 0.4) is 0 Å². The molecule has 0 unspecified atom stereocenters. The van der Waals surface area contributed by atoms with Crippen LogP contribution in [0, 0.1) is 0 Å². The third-order valence-corrected chi connectivity index (χ3v) is 3.90. The van der Waals surface area contributed by atoms with E-state index in [1.807, 2.05) is 6.07 Å². The van der Waals surface area contributed by atoms with E-state index in [0.717, 1.165) is 42.5 Å². The van der Waals surface area contributed by atoms with E-state index in [0.29, 0.717) is 11.0 Å². The second-order valence-corrected chi connectivity index (χ2v) is 5.08. The van der Waals surface area contributed by atoms with Crippen LogP contribution in [0.25, 0.3) is 17.0 Å². The molecule has 0 radical (unpaired) electrons. The second-order valence-electron chi connectivity index (χ2n) is 4.73. The number of nitrogens with zero attached hydrogens (tertiary/aromatic N) is 4. The van der Waals surface area contributed by atoms with Crippen molar-refractivity contribution in [2.24, 2.45) is 0 Å². The van der Waals surface area contributed by atoms with Crippen molar-refractivity contribution in [3.63, 3.8) is 0 Å². The Morgan fingerprint density at radius 3 is 2.79 bits per heavy atom. The molecule has 0 N–H and O–H groups in total. The minimum absolute atomic E-state index is 0.562. The van der Waals surface area contributed by atoms with Crippen molar-refractivity contribution in [3.05, 3.63) is 34.9 Å². The van der Waals surface area contributed by atoms with Crippen LogP contribution in [0.4, 0.5) is 0 Å². The highest BCUT2D eigenvalue weighted by Gasteiger charge is 2.21. The van der Waals surface area contributed by atoms with E-state index >= 15 is 0 Å². The van der Waals surface area contributed by atoms with Gasteiger partial charge >= 0.3 is 0 Å². The molecule has 96 valence electrons. The Bertz CT molecular complexity index is 748. The third-order valence-electron chi connectivity index (χ3n) is 3.59. The molecule has 4 rings (SSSR count). The van der Waals surface area contributed by atoms with Gasteiger partial charge in [-0.15, -0.1) is 10.2 Å². The lowest BCUT2D eigenvalue weighted by Crippen LogP contribution is -2.09. The van der Waals surface area contributed by atoms with Crippen LogP contribution in [-0.2, 0) is 12.8 Å². The van der Waals surface area contributed by atoms with Gasteiger partial charge in [-0.05, 0) is 37.3 Å². The summed E-state index contributed by atoms with van der Waals surface area (Å²) >= 11 is 6.30. The number of halogens is 1. The first kappa shape index (κ1) is 11.0. The number of aromatic nitrogens is 4. The maximum atomic E-state index is 6.30. The Morgan fingerprint density at radius 2 is 2.00 bits per heavy atom. The Balaban J connectivity index is 2.03. The highest BCUT2D eigenvalue weighted by molar-refractivity contribution is 6.30. The average molecular weight is 275 g/mol. The number of aryl methyl sites for hydroxylation is 1. The maximum Gasteiger partial charge on any atom is 0.188 e. The Kier molecular flexibility index (Phi) is 2.35. The largest absolute Gasteiger partial charge is 0.472 e. The molecule has 0 aromatic carbocycles. The van der Waals surface area contributed by atoms with Gasteiger partial charge in [-0.2, -0.15) is 9.61 Å². The Morgan fingerprint density at radius 1 is 1.16 bits per heavy atom. The minimum Gasteiger partial charge on any atom is -0.472 e. The molecule has 0 bridgehead atoms. The summed E-state index contributed by atoms with van der Waals surface area (Å²) < 4.78 is 6.81. The van der Waals surface area contributed by atoms with Gasteiger partial charge in [0.15, 0.2) is 16.6 Å².